The van der Waals surface area contributed by atoms with Crippen molar-refractivity contribution >= 4 is 38.4 Å². The molecule has 0 bridgehead atoms. The lowest BCUT2D eigenvalue weighted by atomic mass is 10.1. The van der Waals surface area contributed by atoms with Gasteiger partial charge in [0.1, 0.15) is 6.07 Å². The Balaban J connectivity index is 2.46. The molecule has 1 atom stereocenters. The molecule has 17 heavy (non-hydrogen) atoms. The van der Waals surface area contributed by atoms with Crippen LogP contribution in [0.25, 0.3) is 0 Å². The second kappa shape index (κ2) is 3.92. The second-order valence-corrected chi connectivity index (χ2v) is 4.38. The SMILES string of the molecule is CN1C(=O)C2C(=NC(Br)=[N+]2CC#N)N(C)C1=O. The molecule has 2 rings (SSSR count). The quantitative estimate of drug-likeness (QED) is 0.375. The van der Waals surface area contributed by atoms with Crippen LogP contribution in [0, 0.1) is 11.3 Å². The number of aliphatic imine (C=N–C) groups is 1. The van der Waals surface area contributed by atoms with Crippen LogP contribution in [-0.4, -0.2) is 63.6 Å². The molecule has 1 fully saturated rings. The van der Waals surface area contributed by atoms with Crippen molar-refractivity contribution in [3.8, 4) is 6.07 Å². The highest BCUT2D eigenvalue weighted by Crippen LogP contribution is 2.19. The van der Waals surface area contributed by atoms with Gasteiger partial charge in [0.25, 0.3) is 17.8 Å². The molecule has 0 aromatic rings. The van der Waals surface area contributed by atoms with E-state index in [-0.39, 0.29) is 12.5 Å². The van der Waals surface area contributed by atoms with Gasteiger partial charge in [-0.1, -0.05) is 0 Å². The third-order valence-corrected chi connectivity index (χ3v) is 3.36. The molecule has 0 aromatic heterocycles. The molecule has 2 heterocycles. The molecule has 3 amide bonds. The van der Waals surface area contributed by atoms with E-state index in [4.69, 9.17) is 5.26 Å². The van der Waals surface area contributed by atoms with Gasteiger partial charge in [-0.15, -0.1) is 0 Å². The normalized spacial score (nSPS) is 23.9. The van der Waals surface area contributed by atoms with Gasteiger partial charge >= 0.3 is 10.8 Å². The number of rotatable bonds is 1. The van der Waals surface area contributed by atoms with Gasteiger partial charge in [-0.3, -0.25) is 14.6 Å². The number of hydrogen-bond donors (Lipinski definition) is 0. The zero-order chi connectivity index (χ0) is 12.7. The van der Waals surface area contributed by atoms with E-state index in [0.717, 1.165) is 4.90 Å². The molecule has 0 aromatic carbocycles. The van der Waals surface area contributed by atoms with Gasteiger partial charge in [0.05, 0.1) is 15.9 Å². The van der Waals surface area contributed by atoms with E-state index in [9.17, 15) is 9.59 Å². The molecular weight excluding hydrogens is 290 g/mol. The van der Waals surface area contributed by atoms with Gasteiger partial charge in [-0.05, 0) is 4.99 Å². The fourth-order valence-corrected chi connectivity index (χ4v) is 2.31. The Morgan fingerprint density at radius 1 is 1.47 bits per heavy atom. The first-order chi connectivity index (χ1) is 7.99. The third kappa shape index (κ3) is 1.54. The van der Waals surface area contributed by atoms with Crippen LogP contribution >= 0.6 is 15.9 Å². The van der Waals surface area contributed by atoms with Gasteiger partial charge in [0.2, 0.25) is 0 Å². The molecule has 2 aliphatic rings. The topological polar surface area (TPSA) is 79.8 Å². The summed E-state index contributed by atoms with van der Waals surface area (Å²) in [6.07, 6.45) is 0. The number of amidine groups is 2. The number of carbonyl (C=O) groups is 2. The smallest absolute Gasteiger partial charge is 0.269 e. The molecule has 0 aliphatic carbocycles. The van der Waals surface area contributed by atoms with E-state index >= 15 is 0 Å². The maximum Gasteiger partial charge on any atom is 0.365 e. The maximum atomic E-state index is 12.0. The number of urea groups is 1. The summed E-state index contributed by atoms with van der Waals surface area (Å²) in [5.74, 6) is -0.0308. The summed E-state index contributed by atoms with van der Waals surface area (Å²) in [6, 6.07) is 0.838. The average molecular weight is 299 g/mol. The molecule has 0 saturated carbocycles. The summed E-state index contributed by atoms with van der Waals surface area (Å²) in [5.41, 5.74) is 0. The maximum absolute atomic E-state index is 12.0. The van der Waals surface area contributed by atoms with Crippen LogP contribution in [0.5, 0.6) is 0 Å². The minimum absolute atomic E-state index is 0.0276. The number of amides is 3. The molecular formula is C9H9BrN5O2+. The zero-order valence-electron chi connectivity index (χ0n) is 9.21. The van der Waals surface area contributed by atoms with Crippen LogP contribution in [0.4, 0.5) is 4.79 Å². The molecule has 1 unspecified atom stereocenters. The molecule has 8 heteroatoms. The van der Waals surface area contributed by atoms with Gasteiger partial charge in [0.15, 0.2) is 6.54 Å². The number of likely N-dealkylation sites (N-methyl/N-ethyl adjacent to an activating group) is 2. The summed E-state index contributed by atoms with van der Waals surface area (Å²) < 4.78 is 1.90. The van der Waals surface area contributed by atoms with Crippen molar-refractivity contribution in [2.75, 3.05) is 20.6 Å². The summed E-state index contributed by atoms with van der Waals surface area (Å²) in [7, 11) is 2.96. The molecule has 2 aliphatic heterocycles. The number of carbonyl (C=O) groups excluding carboxylic acids is 2. The molecule has 1 saturated heterocycles. The highest BCUT2D eigenvalue weighted by atomic mass is 79.9. The van der Waals surface area contributed by atoms with Crippen molar-refractivity contribution in [1.29, 1.82) is 5.26 Å². The molecule has 0 radical (unpaired) electrons. The van der Waals surface area contributed by atoms with Crippen molar-refractivity contribution in [2.24, 2.45) is 4.99 Å². The first kappa shape index (κ1) is 11.7. The fourth-order valence-electron chi connectivity index (χ4n) is 1.80. The van der Waals surface area contributed by atoms with Gasteiger partial charge in [-0.25, -0.2) is 9.37 Å². The Bertz CT molecular complexity index is 518. The van der Waals surface area contributed by atoms with Crippen molar-refractivity contribution in [3.63, 3.8) is 0 Å². The van der Waals surface area contributed by atoms with E-state index < -0.39 is 12.1 Å². The minimum Gasteiger partial charge on any atom is -0.269 e. The van der Waals surface area contributed by atoms with E-state index in [1.807, 2.05) is 6.07 Å². The second-order valence-electron chi connectivity index (χ2n) is 3.67. The minimum atomic E-state index is -0.697. The highest BCUT2D eigenvalue weighted by Gasteiger charge is 2.52. The summed E-state index contributed by atoms with van der Waals surface area (Å²) in [5, 5.41) is 8.72. The fraction of sp³-hybridized carbons (Fsp3) is 0.444. The van der Waals surface area contributed by atoms with Crippen LogP contribution in [-0.2, 0) is 4.79 Å². The highest BCUT2D eigenvalue weighted by molar-refractivity contribution is 9.18. The van der Waals surface area contributed by atoms with E-state index in [1.165, 1.54) is 16.5 Å². The molecule has 0 N–H and O–H groups in total. The summed E-state index contributed by atoms with van der Waals surface area (Å²) in [6.45, 7) is 0.0276. The van der Waals surface area contributed by atoms with Crippen LogP contribution in [0.1, 0.15) is 0 Å². The monoisotopic (exact) mass is 298 g/mol. The first-order valence-electron chi connectivity index (χ1n) is 4.79. The van der Waals surface area contributed by atoms with Crippen LogP contribution < -0.4 is 0 Å². The van der Waals surface area contributed by atoms with Crippen molar-refractivity contribution in [1.82, 2.24) is 9.80 Å². The lowest BCUT2D eigenvalue weighted by Gasteiger charge is -2.30. The average Bonchev–Trinajstić information content (AvgIpc) is 2.62. The predicted octanol–water partition coefficient (Wildman–Crippen LogP) is -0.422. The van der Waals surface area contributed by atoms with E-state index in [1.54, 1.807) is 7.05 Å². The molecule has 0 spiro atoms. The summed E-state index contributed by atoms with van der Waals surface area (Å²) in [4.78, 5) is 30.1. The Kier molecular flexibility index (Phi) is 2.71. The number of hydrogen-bond acceptors (Lipinski definition) is 4. The third-order valence-electron chi connectivity index (χ3n) is 2.72. The Morgan fingerprint density at radius 3 is 2.71 bits per heavy atom. The van der Waals surface area contributed by atoms with Gasteiger partial charge < -0.3 is 0 Å². The molecule has 7 nitrogen and oxygen atoms in total. The summed E-state index contributed by atoms with van der Waals surface area (Å²) >= 11 is 3.19. The van der Waals surface area contributed by atoms with Crippen molar-refractivity contribution in [3.05, 3.63) is 0 Å². The Hall–Kier alpha value is -1.75. The number of fused-ring (bicyclic) bond motifs is 1. The Labute approximate surface area is 106 Å². The largest absolute Gasteiger partial charge is 0.365 e. The zero-order valence-corrected chi connectivity index (χ0v) is 10.8. The number of imide groups is 1. The van der Waals surface area contributed by atoms with Crippen LogP contribution in [0.3, 0.4) is 0 Å². The van der Waals surface area contributed by atoms with Crippen molar-refractivity contribution in [2.45, 2.75) is 6.04 Å². The number of nitriles is 1. The van der Waals surface area contributed by atoms with E-state index in [2.05, 4.69) is 20.9 Å². The van der Waals surface area contributed by atoms with Gasteiger partial charge in [-0.2, -0.15) is 5.26 Å². The number of nitrogens with zero attached hydrogens (tertiary/aromatic N) is 5. The van der Waals surface area contributed by atoms with Crippen molar-refractivity contribution < 1.29 is 14.2 Å². The van der Waals surface area contributed by atoms with E-state index in [0.29, 0.717) is 10.6 Å². The number of halogens is 1. The lowest BCUT2D eigenvalue weighted by Crippen LogP contribution is -2.61. The van der Waals surface area contributed by atoms with Crippen LogP contribution in [0.15, 0.2) is 4.99 Å². The standard InChI is InChI=1S/C9H9BrN5O2/c1-13-6-5(7(16)14(2)9(13)17)15(4-3-11)8(10)12-6/h5H,4H2,1-2H3/q+1. The molecule has 88 valence electrons. The lowest BCUT2D eigenvalue weighted by molar-refractivity contribution is -0.520. The predicted molar refractivity (Wildman–Crippen MR) is 61.8 cm³/mol. The van der Waals surface area contributed by atoms with Gasteiger partial charge in [0, 0.05) is 14.1 Å². The van der Waals surface area contributed by atoms with Crippen LogP contribution in [0.2, 0.25) is 0 Å². The first-order valence-corrected chi connectivity index (χ1v) is 5.58. The Morgan fingerprint density at radius 2 is 2.12 bits per heavy atom.